The van der Waals surface area contributed by atoms with Gasteiger partial charge in [-0.15, -0.1) is 0 Å². The number of nitrogens with one attached hydrogen (secondary N) is 1. The van der Waals surface area contributed by atoms with E-state index in [-0.39, 0.29) is 0 Å². The van der Waals surface area contributed by atoms with Gasteiger partial charge in [0, 0.05) is 73.9 Å². The normalized spacial score (nSPS) is 59.8. The van der Waals surface area contributed by atoms with Crippen molar-refractivity contribution < 1.29 is 4.90 Å². The van der Waals surface area contributed by atoms with Crippen molar-refractivity contribution in [2.24, 2.45) is 5.92 Å². The van der Waals surface area contributed by atoms with E-state index < -0.39 is 0 Å². The zero-order valence-electron chi connectivity index (χ0n) is 18.7. The van der Waals surface area contributed by atoms with Gasteiger partial charge in [-0.25, -0.2) is 0 Å². The summed E-state index contributed by atoms with van der Waals surface area (Å²) in [5.74, 6) is 0.931. The van der Waals surface area contributed by atoms with Crippen LogP contribution in [0.15, 0.2) is 11.3 Å². The molecule has 8 saturated heterocycles. The highest BCUT2D eigenvalue weighted by molar-refractivity contribution is 5.42. The lowest BCUT2D eigenvalue weighted by Gasteiger charge is -2.41. The average Bonchev–Trinajstić information content (AvgIpc) is 3.57. The van der Waals surface area contributed by atoms with Gasteiger partial charge in [0.2, 0.25) is 0 Å². The van der Waals surface area contributed by atoms with Crippen LogP contribution in [0, 0.1) is 5.92 Å². The van der Waals surface area contributed by atoms with Crippen LogP contribution in [0.5, 0.6) is 0 Å². The predicted octanol–water partition coefficient (Wildman–Crippen LogP) is 3.40. The maximum absolute atomic E-state index is 3.15. The summed E-state index contributed by atoms with van der Waals surface area (Å²) in [5.41, 5.74) is 5.23. The summed E-state index contributed by atoms with van der Waals surface area (Å²) in [5, 5.41) is 0. The minimum atomic E-state index is 0.519. The van der Waals surface area contributed by atoms with Crippen LogP contribution in [-0.4, -0.2) is 57.1 Å². The first kappa shape index (κ1) is 17.0. The van der Waals surface area contributed by atoms with E-state index >= 15 is 0 Å². The van der Waals surface area contributed by atoms with Crippen LogP contribution in [0.1, 0.15) is 103 Å². The fourth-order valence-electron chi connectivity index (χ4n) is 12.1. The topological polar surface area (TPSA) is 10.9 Å². The van der Waals surface area contributed by atoms with Gasteiger partial charge in [0.25, 0.3) is 0 Å². The number of hydrogen-bond acceptors (Lipinski definition) is 2. The van der Waals surface area contributed by atoms with E-state index in [9.17, 15) is 0 Å². The fourth-order valence-corrected chi connectivity index (χ4v) is 12.1. The van der Waals surface area contributed by atoms with Crippen molar-refractivity contribution in [3.8, 4) is 0 Å². The second-order valence-corrected chi connectivity index (χ2v) is 13.2. The lowest BCUT2D eigenvalue weighted by Crippen LogP contribution is -3.20. The van der Waals surface area contributed by atoms with Crippen molar-refractivity contribution in [1.29, 1.82) is 0 Å². The Hall–Kier alpha value is -0.540. The fraction of sp³-hybridized carbons (Fsp3) is 0.926. The summed E-state index contributed by atoms with van der Waals surface area (Å²) in [6.07, 6.45) is 24.5. The van der Waals surface area contributed by atoms with E-state index in [0.717, 1.165) is 42.2 Å². The van der Waals surface area contributed by atoms with Crippen LogP contribution in [0.2, 0.25) is 0 Å². The largest absolute Gasteiger partial charge is 0.368 e. The molecule has 0 radical (unpaired) electrons. The van der Waals surface area contributed by atoms with Crippen molar-refractivity contribution in [3.63, 3.8) is 0 Å². The monoisotopic (exact) mass is 406 g/mol. The maximum atomic E-state index is 3.15. The van der Waals surface area contributed by atoms with Gasteiger partial charge in [-0.2, -0.15) is 0 Å². The molecule has 0 spiro atoms. The molecule has 30 heavy (non-hydrogen) atoms. The molecule has 4 unspecified atom stereocenters. The second kappa shape index (κ2) is 5.33. The van der Waals surface area contributed by atoms with Gasteiger partial charge in [0.15, 0.2) is 0 Å². The quantitative estimate of drug-likeness (QED) is 0.754. The third kappa shape index (κ3) is 1.70. The lowest BCUT2D eigenvalue weighted by molar-refractivity contribution is -0.961. The van der Waals surface area contributed by atoms with Crippen LogP contribution in [-0.2, 0) is 0 Å². The first-order valence-electron chi connectivity index (χ1n) is 14.0. The van der Waals surface area contributed by atoms with E-state index in [1.165, 1.54) is 57.8 Å². The summed E-state index contributed by atoms with van der Waals surface area (Å²) >= 11 is 0. The highest BCUT2D eigenvalue weighted by atomic mass is 15.4. The Morgan fingerprint density at radius 3 is 2.07 bits per heavy atom. The van der Waals surface area contributed by atoms with Gasteiger partial charge in [0.1, 0.15) is 5.54 Å². The van der Waals surface area contributed by atoms with Crippen LogP contribution in [0.25, 0.3) is 0 Å². The minimum absolute atomic E-state index is 0.519. The third-order valence-corrected chi connectivity index (χ3v) is 12.8. The van der Waals surface area contributed by atoms with Gasteiger partial charge in [-0.05, 0) is 69.8 Å². The summed E-state index contributed by atoms with van der Waals surface area (Å²) in [6.45, 7) is 0. The van der Waals surface area contributed by atoms with Crippen molar-refractivity contribution in [3.05, 3.63) is 11.3 Å². The van der Waals surface area contributed by atoms with Crippen LogP contribution in [0.3, 0.4) is 0 Å². The number of quaternary nitrogens is 1. The molecule has 0 aromatic carbocycles. The standard InChI is InChI=1S/C27H39N3/c1-2-18-8-12-26(11-7-17(1)29(18)26)23-15-21-5-6-22-16-24(25(23)28(21)22)27-13-9-19-3-4-20(10-14-27)30(19)27/h17-23H,1-16H2/p+1/t17-,18+,19-,20+,21-,22+,23?,26?,27?/m1/s1. The summed E-state index contributed by atoms with van der Waals surface area (Å²) in [7, 11) is 0. The molecule has 3 nitrogen and oxygen atoms in total. The Kier molecular flexibility index (Phi) is 3.02. The zero-order valence-corrected chi connectivity index (χ0v) is 18.7. The van der Waals surface area contributed by atoms with Crippen LogP contribution >= 0.6 is 0 Å². The molecule has 10 atom stereocenters. The molecule has 8 fully saturated rings. The van der Waals surface area contributed by atoms with Crippen molar-refractivity contribution in [2.75, 3.05) is 0 Å². The van der Waals surface area contributed by atoms with Crippen LogP contribution in [0.4, 0.5) is 0 Å². The SMILES string of the molecule is C1C[C@H]2CC(C34CC[C@H]5CC[C@@H](CC3)N54)=C3C(C45CC[C@H]6CC[C@@H](CC4)[NH+]65)C[C@@H]1N32. The molecule has 0 aromatic heterocycles. The van der Waals surface area contributed by atoms with Crippen LogP contribution < -0.4 is 4.90 Å². The van der Waals surface area contributed by atoms with Crippen molar-refractivity contribution >= 4 is 0 Å². The average molecular weight is 407 g/mol. The molecular formula is C27H40N3+. The molecular weight excluding hydrogens is 366 g/mol. The summed E-state index contributed by atoms with van der Waals surface area (Å²) < 4.78 is 0. The lowest BCUT2D eigenvalue weighted by atomic mass is 9.73. The molecule has 0 bridgehead atoms. The van der Waals surface area contributed by atoms with Gasteiger partial charge < -0.3 is 9.80 Å². The highest BCUT2D eigenvalue weighted by Crippen LogP contribution is 2.63. The summed E-state index contributed by atoms with van der Waals surface area (Å²) in [4.78, 5) is 8.41. The minimum Gasteiger partial charge on any atom is -0.368 e. The van der Waals surface area contributed by atoms with E-state index in [1.807, 2.05) is 11.3 Å². The van der Waals surface area contributed by atoms with Gasteiger partial charge >= 0.3 is 0 Å². The predicted molar refractivity (Wildman–Crippen MR) is 117 cm³/mol. The van der Waals surface area contributed by atoms with E-state index in [1.54, 1.807) is 44.9 Å². The molecule has 0 aliphatic carbocycles. The smallest absolute Gasteiger partial charge is 0.107 e. The van der Waals surface area contributed by atoms with Gasteiger partial charge in [-0.3, -0.25) is 4.90 Å². The first-order chi connectivity index (χ1) is 14.8. The second-order valence-electron chi connectivity index (χ2n) is 13.2. The molecule has 9 aliphatic heterocycles. The molecule has 162 valence electrons. The van der Waals surface area contributed by atoms with Gasteiger partial charge in [-0.1, -0.05) is 0 Å². The van der Waals surface area contributed by atoms with Crippen molar-refractivity contribution in [1.82, 2.24) is 9.80 Å². The molecule has 0 amide bonds. The first-order valence-corrected chi connectivity index (χ1v) is 14.0. The van der Waals surface area contributed by atoms with E-state index in [4.69, 9.17) is 0 Å². The third-order valence-electron chi connectivity index (χ3n) is 12.8. The van der Waals surface area contributed by atoms with E-state index in [2.05, 4.69) is 14.7 Å². The van der Waals surface area contributed by atoms with Gasteiger partial charge in [0.05, 0.1) is 18.0 Å². The maximum Gasteiger partial charge on any atom is 0.107 e. The number of nitrogens with zero attached hydrogens (tertiary/aromatic N) is 2. The molecule has 9 rings (SSSR count). The Morgan fingerprint density at radius 1 is 0.667 bits per heavy atom. The Bertz CT molecular complexity index is 813. The Morgan fingerprint density at radius 2 is 1.33 bits per heavy atom. The summed E-state index contributed by atoms with van der Waals surface area (Å²) in [6, 6.07) is 5.80. The molecule has 1 N–H and O–H groups in total. The molecule has 3 heteroatoms. The number of rotatable bonds is 2. The zero-order chi connectivity index (χ0) is 19.2. The number of hydrogen-bond donors (Lipinski definition) is 1. The molecule has 0 saturated carbocycles. The Balaban J connectivity index is 1.21. The van der Waals surface area contributed by atoms with E-state index in [0.29, 0.717) is 11.1 Å². The molecule has 9 heterocycles. The molecule has 0 aromatic rings. The van der Waals surface area contributed by atoms with Crippen molar-refractivity contribution in [2.45, 2.75) is 150 Å². The molecule has 9 aliphatic rings. The highest BCUT2D eigenvalue weighted by Gasteiger charge is 2.69. The Labute approximate surface area is 182 Å².